The second-order valence-corrected chi connectivity index (χ2v) is 6.88. The molecule has 0 saturated carbocycles. The van der Waals surface area contributed by atoms with Crippen LogP contribution < -0.4 is 9.47 Å². The Bertz CT molecular complexity index is 863. The van der Waals surface area contributed by atoms with E-state index in [-0.39, 0.29) is 11.8 Å². The van der Waals surface area contributed by atoms with Crippen molar-refractivity contribution in [2.24, 2.45) is 0 Å². The van der Waals surface area contributed by atoms with Crippen LogP contribution in [0.2, 0.25) is 0 Å². The fourth-order valence-corrected chi connectivity index (χ4v) is 4.79. The first-order valence-electron chi connectivity index (χ1n) is 9.45. The van der Waals surface area contributed by atoms with Crippen molar-refractivity contribution in [1.29, 1.82) is 0 Å². The molecule has 0 saturated heterocycles. The van der Waals surface area contributed by atoms with E-state index in [9.17, 15) is 0 Å². The molecule has 3 aliphatic carbocycles. The maximum absolute atomic E-state index is 6.06. The number of hydrogen-bond donors (Lipinski definition) is 0. The summed E-state index contributed by atoms with van der Waals surface area (Å²) in [5, 5.41) is 0. The van der Waals surface area contributed by atoms with Crippen LogP contribution in [-0.2, 0) is 0 Å². The Kier molecular flexibility index (Phi) is 3.53. The molecule has 0 unspecified atom stereocenters. The van der Waals surface area contributed by atoms with Crippen LogP contribution >= 0.6 is 0 Å². The Morgan fingerprint density at radius 2 is 0.923 bits per heavy atom. The van der Waals surface area contributed by atoms with E-state index in [0.29, 0.717) is 13.2 Å². The van der Waals surface area contributed by atoms with Crippen molar-refractivity contribution in [3.63, 3.8) is 0 Å². The van der Waals surface area contributed by atoms with Gasteiger partial charge in [0, 0.05) is 23.0 Å². The lowest BCUT2D eigenvalue weighted by Crippen LogP contribution is -2.28. The summed E-state index contributed by atoms with van der Waals surface area (Å²) in [7, 11) is 0. The molecule has 0 fully saturated rings. The van der Waals surface area contributed by atoms with Crippen LogP contribution in [0.5, 0.6) is 11.5 Å². The van der Waals surface area contributed by atoms with Crippen LogP contribution in [0.1, 0.15) is 59.1 Å². The Balaban J connectivity index is 1.86. The van der Waals surface area contributed by atoms with Crippen molar-refractivity contribution in [1.82, 2.24) is 0 Å². The smallest absolute Gasteiger partial charge is 0.124 e. The highest BCUT2D eigenvalue weighted by Crippen LogP contribution is 2.59. The lowest BCUT2D eigenvalue weighted by atomic mass is 9.60. The highest BCUT2D eigenvalue weighted by atomic mass is 16.5. The van der Waals surface area contributed by atoms with E-state index < -0.39 is 0 Å². The molecule has 2 heteroatoms. The molecule has 0 amide bonds. The largest absolute Gasteiger partial charge is 0.494 e. The molecule has 26 heavy (non-hydrogen) atoms. The van der Waals surface area contributed by atoms with E-state index in [1.807, 2.05) is 13.8 Å². The van der Waals surface area contributed by atoms with Gasteiger partial charge < -0.3 is 9.47 Å². The Morgan fingerprint density at radius 3 is 1.23 bits per heavy atom. The van der Waals surface area contributed by atoms with Crippen LogP contribution in [0.25, 0.3) is 0 Å². The number of hydrogen-bond acceptors (Lipinski definition) is 2. The van der Waals surface area contributed by atoms with E-state index in [1.54, 1.807) is 0 Å². The van der Waals surface area contributed by atoms with Crippen molar-refractivity contribution in [2.45, 2.75) is 25.7 Å². The van der Waals surface area contributed by atoms with Gasteiger partial charge in [-0.3, -0.25) is 0 Å². The minimum atomic E-state index is 0.212. The molecular weight excluding hydrogens is 320 g/mol. The molecule has 0 spiro atoms. The van der Waals surface area contributed by atoms with Crippen LogP contribution in [0.3, 0.4) is 0 Å². The predicted molar refractivity (Wildman–Crippen MR) is 104 cm³/mol. The maximum Gasteiger partial charge on any atom is 0.124 e. The lowest BCUT2D eigenvalue weighted by Gasteiger charge is -2.43. The molecule has 3 aromatic carbocycles. The summed E-state index contributed by atoms with van der Waals surface area (Å²) in [5.74, 6) is 2.41. The summed E-state index contributed by atoms with van der Waals surface area (Å²) in [4.78, 5) is 0. The summed E-state index contributed by atoms with van der Waals surface area (Å²) < 4.78 is 12.1. The standard InChI is InChI=1S/C24H22O2/c1-3-25-19-13-14-20(26-4-2)24-22-17-11-7-5-9-15(17)21(23(19)24)16-10-6-8-12-18(16)22/h5-14,21-22H,3-4H2,1-2H3. The number of benzene rings is 3. The third kappa shape index (κ3) is 1.99. The molecule has 0 aliphatic heterocycles. The van der Waals surface area contributed by atoms with Gasteiger partial charge in [-0.2, -0.15) is 0 Å². The molecule has 0 atom stereocenters. The van der Waals surface area contributed by atoms with Gasteiger partial charge in [0.05, 0.1) is 13.2 Å². The second-order valence-electron chi connectivity index (χ2n) is 6.88. The van der Waals surface area contributed by atoms with Gasteiger partial charge in [-0.1, -0.05) is 48.5 Å². The van der Waals surface area contributed by atoms with Crippen LogP contribution in [-0.4, -0.2) is 13.2 Å². The summed E-state index contributed by atoms with van der Waals surface area (Å²) in [6.45, 7) is 5.43. The van der Waals surface area contributed by atoms with E-state index in [2.05, 4.69) is 60.7 Å². The van der Waals surface area contributed by atoms with Crippen molar-refractivity contribution in [3.05, 3.63) is 94.0 Å². The number of ether oxygens (including phenoxy) is 2. The fourth-order valence-electron chi connectivity index (χ4n) is 4.79. The van der Waals surface area contributed by atoms with Gasteiger partial charge in [0.1, 0.15) is 11.5 Å². The molecule has 0 N–H and O–H groups in total. The minimum Gasteiger partial charge on any atom is -0.494 e. The lowest BCUT2D eigenvalue weighted by molar-refractivity contribution is 0.321. The summed E-state index contributed by atoms with van der Waals surface area (Å²) in [6, 6.07) is 21.8. The maximum atomic E-state index is 6.06. The van der Waals surface area contributed by atoms with Gasteiger partial charge >= 0.3 is 0 Å². The molecule has 3 aliphatic rings. The van der Waals surface area contributed by atoms with E-state index >= 15 is 0 Å². The van der Waals surface area contributed by atoms with Gasteiger partial charge in [0.2, 0.25) is 0 Å². The zero-order valence-corrected chi connectivity index (χ0v) is 15.2. The molecule has 3 aromatic rings. The highest BCUT2D eigenvalue weighted by molar-refractivity contribution is 5.73. The van der Waals surface area contributed by atoms with Gasteiger partial charge in [0.15, 0.2) is 0 Å². The average molecular weight is 342 g/mol. The topological polar surface area (TPSA) is 18.5 Å². The van der Waals surface area contributed by atoms with E-state index in [4.69, 9.17) is 9.47 Å². The zero-order valence-electron chi connectivity index (χ0n) is 15.2. The molecule has 130 valence electrons. The monoisotopic (exact) mass is 342 g/mol. The molecule has 6 rings (SSSR count). The van der Waals surface area contributed by atoms with Crippen LogP contribution in [0.15, 0.2) is 60.7 Å². The molecule has 0 aromatic heterocycles. The van der Waals surface area contributed by atoms with E-state index in [0.717, 1.165) is 11.5 Å². The Morgan fingerprint density at radius 1 is 0.577 bits per heavy atom. The number of rotatable bonds is 4. The third-order valence-electron chi connectivity index (χ3n) is 5.62. The zero-order chi connectivity index (χ0) is 17.7. The first kappa shape index (κ1) is 15.5. The first-order valence-corrected chi connectivity index (χ1v) is 9.45. The van der Waals surface area contributed by atoms with E-state index in [1.165, 1.54) is 33.4 Å². The van der Waals surface area contributed by atoms with Crippen molar-refractivity contribution in [3.8, 4) is 11.5 Å². The normalized spacial score (nSPS) is 18.7. The van der Waals surface area contributed by atoms with Gasteiger partial charge in [0.25, 0.3) is 0 Å². The summed E-state index contributed by atoms with van der Waals surface area (Å²) in [6.07, 6.45) is 0. The van der Waals surface area contributed by atoms with Crippen molar-refractivity contribution in [2.75, 3.05) is 13.2 Å². The van der Waals surface area contributed by atoms with Gasteiger partial charge in [-0.15, -0.1) is 0 Å². The van der Waals surface area contributed by atoms with Gasteiger partial charge in [-0.05, 0) is 48.2 Å². The summed E-state index contributed by atoms with van der Waals surface area (Å²) in [5.41, 5.74) is 8.19. The molecule has 2 bridgehead atoms. The van der Waals surface area contributed by atoms with Crippen molar-refractivity contribution >= 4 is 0 Å². The quantitative estimate of drug-likeness (QED) is 0.431. The molecule has 0 heterocycles. The SMILES string of the molecule is CCOc1ccc(OCC)c2c1C1c3ccccc3C2c2ccccc21. The molecule has 0 radical (unpaired) electrons. The second kappa shape index (κ2) is 5.91. The molecular formula is C24H22O2. The first-order chi connectivity index (χ1) is 12.8. The highest BCUT2D eigenvalue weighted by Gasteiger charge is 2.44. The predicted octanol–water partition coefficient (Wildman–Crippen LogP) is 5.47. The Hall–Kier alpha value is -2.74. The van der Waals surface area contributed by atoms with Crippen molar-refractivity contribution < 1.29 is 9.47 Å². The van der Waals surface area contributed by atoms with Crippen LogP contribution in [0, 0.1) is 0 Å². The van der Waals surface area contributed by atoms with Gasteiger partial charge in [-0.25, -0.2) is 0 Å². The Labute approximate surface area is 154 Å². The summed E-state index contributed by atoms with van der Waals surface area (Å²) >= 11 is 0. The minimum absolute atomic E-state index is 0.212. The van der Waals surface area contributed by atoms with Crippen LogP contribution in [0.4, 0.5) is 0 Å². The average Bonchev–Trinajstić information content (AvgIpc) is 2.69. The molecule has 2 nitrogen and oxygen atoms in total. The fraction of sp³-hybridized carbons (Fsp3) is 0.250. The third-order valence-corrected chi connectivity index (χ3v) is 5.62.